The zero-order valence-electron chi connectivity index (χ0n) is 16.5. The number of amides is 2. The van der Waals surface area contributed by atoms with Crippen molar-refractivity contribution >= 4 is 23.6 Å². The summed E-state index contributed by atoms with van der Waals surface area (Å²) in [7, 11) is 1.69. The summed E-state index contributed by atoms with van der Waals surface area (Å²) in [6, 6.07) is 20.1. The van der Waals surface area contributed by atoms with Crippen LogP contribution in [0.5, 0.6) is 0 Å². The van der Waals surface area contributed by atoms with Crippen molar-refractivity contribution in [2.45, 2.75) is 36.1 Å². The van der Waals surface area contributed by atoms with Crippen LogP contribution in [-0.2, 0) is 9.59 Å². The number of benzene rings is 2. The Balaban J connectivity index is 1.60. The Hall–Kier alpha value is -2.78. The third-order valence-electron chi connectivity index (χ3n) is 6.71. The fourth-order valence-corrected chi connectivity index (χ4v) is 7.08. The van der Waals surface area contributed by atoms with Gasteiger partial charge in [-0.15, -0.1) is 0 Å². The maximum absolute atomic E-state index is 13.4. The van der Waals surface area contributed by atoms with Crippen LogP contribution in [0.15, 0.2) is 54.6 Å². The molecule has 3 aliphatic rings. The molecule has 2 aromatic rings. The lowest BCUT2D eigenvalue weighted by atomic mass is 9.79. The van der Waals surface area contributed by atoms with Gasteiger partial charge in [-0.1, -0.05) is 66.4 Å². The Bertz CT molecular complexity index is 1080. The van der Waals surface area contributed by atoms with Crippen LogP contribution < -0.4 is 0 Å². The van der Waals surface area contributed by atoms with E-state index in [1.807, 2.05) is 68.4 Å². The van der Waals surface area contributed by atoms with Crippen LogP contribution in [0.2, 0.25) is 0 Å². The van der Waals surface area contributed by atoms with Gasteiger partial charge in [0.05, 0.1) is 17.5 Å². The highest BCUT2D eigenvalue weighted by molar-refractivity contribution is 8.04. The molecule has 6 heteroatoms. The minimum absolute atomic E-state index is 0.0746. The lowest BCUT2D eigenvalue weighted by molar-refractivity contribution is -0.159. The van der Waals surface area contributed by atoms with Crippen molar-refractivity contribution in [2.75, 3.05) is 7.05 Å². The molecule has 0 unspecified atom stereocenters. The van der Waals surface area contributed by atoms with Gasteiger partial charge in [0.25, 0.3) is 11.8 Å². The fourth-order valence-electron chi connectivity index (χ4n) is 5.13. The molecule has 4 atom stereocenters. The predicted octanol–water partition coefficient (Wildman–Crippen LogP) is 3.79. The van der Waals surface area contributed by atoms with Crippen molar-refractivity contribution in [1.82, 2.24) is 9.80 Å². The minimum Gasteiger partial charge on any atom is -0.320 e. The van der Waals surface area contributed by atoms with Crippen molar-refractivity contribution < 1.29 is 9.59 Å². The average molecular weight is 404 g/mol. The number of rotatable bonds is 2. The van der Waals surface area contributed by atoms with Crippen LogP contribution in [0.1, 0.15) is 31.9 Å². The van der Waals surface area contributed by atoms with Gasteiger partial charge in [0.15, 0.2) is 9.74 Å². The monoisotopic (exact) mass is 403 g/mol. The molecule has 5 nitrogen and oxygen atoms in total. The maximum Gasteiger partial charge on any atom is 0.261 e. The molecule has 0 saturated carbocycles. The lowest BCUT2D eigenvalue weighted by Gasteiger charge is -2.40. The number of carbonyl (C=O) groups is 2. The van der Waals surface area contributed by atoms with Crippen molar-refractivity contribution in [2.24, 2.45) is 5.41 Å². The third kappa shape index (κ3) is 2.11. The average Bonchev–Trinajstić information content (AvgIpc) is 3.21. The second kappa shape index (κ2) is 5.64. The van der Waals surface area contributed by atoms with E-state index in [1.165, 1.54) is 11.8 Å². The SMILES string of the molecule is CN1C(=O)[C@@]23C[C@](C)(C#N)[C@H](c4ccc(-c5ccccc5)cc4)N2C(=O)[C@]1(C)S3. The Morgan fingerprint density at radius 3 is 2.24 bits per heavy atom. The summed E-state index contributed by atoms with van der Waals surface area (Å²) in [4.78, 5) is 27.9. The highest BCUT2D eigenvalue weighted by Crippen LogP contribution is 2.69. The number of fused-ring (bicyclic) bond motifs is 1. The van der Waals surface area contributed by atoms with Crippen LogP contribution in [0.25, 0.3) is 11.1 Å². The van der Waals surface area contributed by atoms with E-state index in [1.54, 1.807) is 16.8 Å². The molecule has 0 N–H and O–H groups in total. The molecule has 0 aromatic heterocycles. The van der Waals surface area contributed by atoms with Crippen LogP contribution in [0.3, 0.4) is 0 Å². The first-order valence-electron chi connectivity index (χ1n) is 9.66. The Labute approximate surface area is 174 Å². The molecule has 3 saturated heterocycles. The number of hydrogen-bond acceptors (Lipinski definition) is 4. The summed E-state index contributed by atoms with van der Waals surface area (Å²) in [5.41, 5.74) is 2.25. The van der Waals surface area contributed by atoms with Gasteiger partial charge in [-0.2, -0.15) is 5.26 Å². The van der Waals surface area contributed by atoms with E-state index in [9.17, 15) is 14.9 Å². The Morgan fingerprint density at radius 2 is 1.62 bits per heavy atom. The van der Waals surface area contributed by atoms with Crippen molar-refractivity contribution in [3.05, 3.63) is 60.2 Å². The van der Waals surface area contributed by atoms with E-state index in [-0.39, 0.29) is 11.8 Å². The quantitative estimate of drug-likeness (QED) is 0.765. The van der Waals surface area contributed by atoms with E-state index in [4.69, 9.17) is 0 Å². The summed E-state index contributed by atoms with van der Waals surface area (Å²) >= 11 is 1.39. The van der Waals surface area contributed by atoms with Crippen molar-refractivity contribution in [3.8, 4) is 17.2 Å². The van der Waals surface area contributed by atoms with Gasteiger partial charge in [-0.05, 0) is 30.5 Å². The molecular formula is C23H21N3O2S. The zero-order valence-corrected chi connectivity index (χ0v) is 17.4. The number of nitriles is 1. The lowest BCUT2D eigenvalue weighted by Crippen LogP contribution is -2.60. The first-order valence-corrected chi connectivity index (χ1v) is 10.5. The molecule has 0 aliphatic carbocycles. The Kier molecular flexibility index (Phi) is 3.55. The number of carbonyl (C=O) groups excluding carboxylic acids is 2. The molecular weight excluding hydrogens is 382 g/mol. The summed E-state index contributed by atoms with van der Waals surface area (Å²) in [6.07, 6.45) is 0.344. The molecule has 29 heavy (non-hydrogen) atoms. The van der Waals surface area contributed by atoms with Gasteiger partial charge >= 0.3 is 0 Å². The standard InChI is InChI=1S/C23H21N3O2S/c1-21(14-24)13-23-20(28)25(3)22(2,29-23)19(27)26(23)18(21)17-11-9-16(10-12-17)15-7-5-4-6-8-15/h4-12,18H,13H2,1-3H3/t18-,21+,22-,23-/m0/s1. The Morgan fingerprint density at radius 1 is 1.00 bits per heavy atom. The van der Waals surface area contributed by atoms with Gasteiger partial charge in [-0.3, -0.25) is 9.59 Å². The molecule has 2 amide bonds. The maximum atomic E-state index is 13.4. The molecule has 0 radical (unpaired) electrons. The number of nitrogens with zero attached hydrogens (tertiary/aromatic N) is 3. The molecule has 3 fully saturated rings. The highest BCUT2D eigenvalue weighted by Gasteiger charge is 2.78. The van der Waals surface area contributed by atoms with Crippen LogP contribution in [-0.4, -0.2) is 38.4 Å². The fraction of sp³-hybridized carbons (Fsp3) is 0.348. The van der Waals surface area contributed by atoms with E-state index < -0.39 is 21.2 Å². The van der Waals surface area contributed by atoms with Crippen LogP contribution in [0, 0.1) is 16.7 Å². The van der Waals surface area contributed by atoms with Gasteiger partial charge in [0.1, 0.15) is 0 Å². The first kappa shape index (κ1) is 18.3. The second-order valence-corrected chi connectivity index (χ2v) is 10.2. The number of piperazine rings is 1. The largest absolute Gasteiger partial charge is 0.320 e. The predicted molar refractivity (Wildman–Crippen MR) is 111 cm³/mol. The van der Waals surface area contributed by atoms with Gasteiger partial charge in [0.2, 0.25) is 0 Å². The number of hydrogen-bond donors (Lipinski definition) is 0. The van der Waals surface area contributed by atoms with Gasteiger partial charge < -0.3 is 9.80 Å². The number of likely N-dealkylation sites (N-methyl/N-ethyl adjacent to an activating group) is 1. The minimum atomic E-state index is -0.978. The summed E-state index contributed by atoms with van der Waals surface area (Å²) in [5, 5.41) is 10.0. The van der Waals surface area contributed by atoms with Crippen molar-refractivity contribution in [3.63, 3.8) is 0 Å². The summed E-state index contributed by atoms with van der Waals surface area (Å²) < 4.78 is 0. The van der Waals surface area contributed by atoms with Gasteiger partial charge in [0, 0.05) is 13.5 Å². The highest BCUT2D eigenvalue weighted by atomic mass is 32.2. The van der Waals surface area contributed by atoms with Gasteiger partial charge in [-0.25, -0.2) is 0 Å². The summed E-state index contributed by atoms with van der Waals surface area (Å²) in [6.45, 7) is 3.68. The molecule has 146 valence electrons. The second-order valence-electron chi connectivity index (χ2n) is 8.51. The topological polar surface area (TPSA) is 64.4 Å². The van der Waals surface area contributed by atoms with E-state index in [0.717, 1.165) is 16.7 Å². The number of thioether (sulfide) groups is 1. The van der Waals surface area contributed by atoms with Crippen molar-refractivity contribution in [1.29, 1.82) is 5.26 Å². The summed E-state index contributed by atoms with van der Waals surface area (Å²) in [5.74, 6) is -0.157. The van der Waals surface area contributed by atoms with Crippen LogP contribution in [0.4, 0.5) is 0 Å². The normalized spacial score (nSPS) is 35.2. The molecule has 3 aliphatic heterocycles. The molecule has 1 spiro atoms. The zero-order chi connectivity index (χ0) is 20.6. The molecule has 2 bridgehead atoms. The molecule has 5 rings (SSSR count). The van der Waals surface area contributed by atoms with E-state index in [2.05, 4.69) is 6.07 Å². The third-order valence-corrected chi connectivity index (χ3v) is 8.41. The smallest absolute Gasteiger partial charge is 0.261 e. The molecule has 3 heterocycles. The first-order chi connectivity index (χ1) is 13.8. The molecule has 2 aromatic carbocycles. The van der Waals surface area contributed by atoms with Crippen LogP contribution >= 0.6 is 11.8 Å². The van der Waals surface area contributed by atoms with E-state index in [0.29, 0.717) is 6.42 Å². The van der Waals surface area contributed by atoms with E-state index >= 15 is 0 Å².